The van der Waals surface area contributed by atoms with Gasteiger partial charge < -0.3 is 5.32 Å². The van der Waals surface area contributed by atoms with Crippen LogP contribution in [-0.2, 0) is 6.18 Å². The largest absolute Gasteiger partial charge is 0.416 e. The molecule has 0 aliphatic rings. The van der Waals surface area contributed by atoms with Crippen LogP contribution in [-0.4, -0.2) is 20.6 Å². The Hall–Kier alpha value is -3.00. The fraction of sp³-hybridized carbons (Fsp3) is 0.143. The van der Waals surface area contributed by atoms with Crippen molar-refractivity contribution in [1.29, 1.82) is 0 Å². The van der Waals surface area contributed by atoms with E-state index in [0.29, 0.717) is 11.5 Å². The zero-order valence-corrected chi connectivity index (χ0v) is 16.5. The van der Waals surface area contributed by atoms with Crippen LogP contribution in [0.3, 0.4) is 0 Å². The summed E-state index contributed by atoms with van der Waals surface area (Å²) in [7, 11) is 0. The third-order valence-electron chi connectivity index (χ3n) is 4.47. The first-order valence-corrected chi connectivity index (χ1v) is 10.0. The number of aromatic nitrogens is 3. The van der Waals surface area contributed by atoms with Gasteiger partial charge in [0.2, 0.25) is 0 Å². The van der Waals surface area contributed by atoms with Crippen LogP contribution in [0.15, 0.2) is 65.7 Å². The number of fused-ring (bicyclic) bond motifs is 1. The zero-order chi connectivity index (χ0) is 20.6. The Morgan fingerprint density at radius 2 is 1.76 bits per heavy atom. The van der Waals surface area contributed by atoms with Gasteiger partial charge in [0.05, 0.1) is 22.6 Å². The number of hydrogen-bond donors (Lipinski definition) is 1. The first-order chi connectivity index (χ1) is 13.8. The van der Waals surface area contributed by atoms with Crippen LogP contribution in [0.25, 0.3) is 17.0 Å². The summed E-state index contributed by atoms with van der Waals surface area (Å²) in [6.45, 7) is 1.93. The van der Waals surface area contributed by atoms with Crippen LogP contribution in [0.4, 0.5) is 24.7 Å². The van der Waals surface area contributed by atoms with E-state index >= 15 is 0 Å². The highest BCUT2D eigenvalue weighted by Crippen LogP contribution is 2.32. The van der Waals surface area contributed by atoms with Crippen molar-refractivity contribution in [3.05, 3.63) is 72.1 Å². The van der Waals surface area contributed by atoms with Gasteiger partial charge in [-0.2, -0.15) is 13.2 Å². The lowest BCUT2D eigenvalue weighted by atomic mass is 10.2. The minimum atomic E-state index is -4.36. The van der Waals surface area contributed by atoms with Gasteiger partial charge in [0.25, 0.3) is 0 Å². The highest BCUT2D eigenvalue weighted by Gasteiger charge is 2.29. The Morgan fingerprint density at radius 3 is 2.45 bits per heavy atom. The summed E-state index contributed by atoms with van der Waals surface area (Å²) in [5.74, 6) is 0.553. The number of thioether (sulfide) groups is 1. The number of pyridine rings is 2. The lowest BCUT2D eigenvalue weighted by molar-refractivity contribution is -0.137. The topological polar surface area (TPSA) is 42.2 Å². The second-order valence-corrected chi connectivity index (χ2v) is 7.33. The Kier molecular flexibility index (Phi) is 4.96. The molecule has 8 heteroatoms. The molecule has 4 rings (SSSR count). The fourth-order valence-corrected chi connectivity index (χ4v) is 3.58. The van der Waals surface area contributed by atoms with E-state index < -0.39 is 11.7 Å². The SMILES string of the molecule is CSc1cc(Nc2ccc(C(F)(F)F)cc2)nc(-c2c(C)nc3ccccn23)c1. The van der Waals surface area contributed by atoms with Crippen LogP contribution in [0, 0.1) is 6.92 Å². The molecule has 0 bridgehead atoms. The minimum absolute atomic E-state index is 0.532. The van der Waals surface area contributed by atoms with Crippen LogP contribution in [0.2, 0.25) is 0 Å². The number of anilines is 2. The van der Waals surface area contributed by atoms with Crippen LogP contribution >= 0.6 is 11.8 Å². The van der Waals surface area contributed by atoms with E-state index in [0.717, 1.165) is 39.8 Å². The summed E-state index contributed by atoms with van der Waals surface area (Å²) >= 11 is 1.56. The summed E-state index contributed by atoms with van der Waals surface area (Å²) in [6, 6.07) is 14.5. The van der Waals surface area contributed by atoms with Gasteiger partial charge in [0, 0.05) is 16.8 Å². The Morgan fingerprint density at radius 1 is 1.00 bits per heavy atom. The molecule has 3 aromatic heterocycles. The third-order valence-corrected chi connectivity index (χ3v) is 5.17. The molecule has 29 heavy (non-hydrogen) atoms. The number of alkyl halides is 3. The van der Waals surface area contributed by atoms with Crippen LogP contribution in [0.5, 0.6) is 0 Å². The molecule has 0 atom stereocenters. The predicted octanol–water partition coefficient (Wildman–Crippen LogP) is 6.19. The molecular weight excluding hydrogens is 397 g/mol. The van der Waals surface area contributed by atoms with Crippen LogP contribution in [0.1, 0.15) is 11.3 Å². The molecule has 4 nitrogen and oxygen atoms in total. The van der Waals surface area contributed by atoms with E-state index in [9.17, 15) is 13.2 Å². The molecule has 0 spiro atoms. The monoisotopic (exact) mass is 414 g/mol. The van der Waals surface area contributed by atoms with Gasteiger partial charge in [-0.1, -0.05) is 6.07 Å². The normalized spacial score (nSPS) is 11.8. The van der Waals surface area contributed by atoms with Gasteiger partial charge in [0.15, 0.2) is 0 Å². The Balaban J connectivity index is 1.73. The molecule has 3 heterocycles. The number of halogens is 3. The quantitative estimate of drug-likeness (QED) is 0.405. The van der Waals surface area contributed by atoms with Gasteiger partial charge in [-0.3, -0.25) is 4.40 Å². The van der Waals surface area contributed by atoms with E-state index in [1.54, 1.807) is 11.8 Å². The zero-order valence-electron chi connectivity index (χ0n) is 15.7. The molecular formula is C21H17F3N4S. The molecule has 0 aliphatic carbocycles. The maximum absolute atomic E-state index is 12.8. The van der Waals surface area contributed by atoms with Gasteiger partial charge in [-0.25, -0.2) is 9.97 Å². The van der Waals surface area contributed by atoms with E-state index in [1.165, 1.54) is 12.1 Å². The fourth-order valence-electron chi connectivity index (χ4n) is 3.12. The van der Waals surface area contributed by atoms with E-state index in [1.807, 2.05) is 54.1 Å². The van der Waals surface area contributed by atoms with Crippen molar-refractivity contribution in [1.82, 2.24) is 14.4 Å². The second kappa shape index (κ2) is 7.44. The standard InChI is InChI=1S/C21H17F3N4S/c1-13-20(28-10-4-3-5-19(28)25-13)17-11-16(29-2)12-18(27-17)26-15-8-6-14(7-9-15)21(22,23)24/h3-12H,1-2H3,(H,26,27). The lowest BCUT2D eigenvalue weighted by Gasteiger charge is -2.12. The number of aryl methyl sites for hydroxylation is 1. The summed E-state index contributed by atoms with van der Waals surface area (Å²) in [5, 5.41) is 3.11. The van der Waals surface area contributed by atoms with Gasteiger partial charge in [-0.05, 0) is 61.7 Å². The Labute approximate surface area is 169 Å². The number of hydrogen-bond acceptors (Lipinski definition) is 4. The van der Waals surface area contributed by atoms with E-state index in [4.69, 9.17) is 4.98 Å². The number of imidazole rings is 1. The molecule has 0 amide bonds. The molecule has 1 N–H and O–H groups in total. The summed E-state index contributed by atoms with van der Waals surface area (Å²) < 4.78 is 40.3. The minimum Gasteiger partial charge on any atom is -0.340 e. The van der Waals surface area contributed by atoms with Crippen molar-refractivity contribution in [3.63, 3.8) is 0 Å². The van der Waals surface area contributed by atoms with Gasteiger partial charge in [-0.15, -0.1) is 11.8 Å². The van der Waals surface area contributed by atoms with Crippen molar-refractivity contribution >= 4 is 28.9 Å². The van der Waals surface area contributed by atoms with Crippen molar-refractivity contribution in [3.8, 4) is 11.4 Å². The Bertz CT molecular complexity index is 1170. The molecule has 1 aromatic carbocycles. The maximum Gasteiger partial charge on any atom is 0.416 e. The van der Waals surface area contributed by atoms with Crippen molar-refractivity contribution in [2.75, 3.05) is 11.6 Å². The number of benzene rings is 1. The molecule has 0 saturated carbocycles. The molecule has 0 aliphatic heterocycles. The van der Waals surface area contributed by atoms with E-state index in [-0.39, 0.29) is 0 Å². The highest BCUT2D eigenvalue weighted by atomic mass is 32.2. The number of nitrogens with zero attached hydrogens (tertiary/aromatic N) is 3. The van der Waals surface area contributed by atoms with Gasteiger partial charge >= 0.3 is 6.18 Å². The summed E-state index contributed by atoms with van der Waals surface area (Å²) in [4.78, 5) is 10.3. The molecule has 4 aromatic rings. The molecule has 0 fully saturated rings. The van der Waals surface area contributed by atoms with Crippen molar-refractivity contribution in [2.45, 2.75) is 18.0 Å². The maximum atomic E-state index is 12.8. The first-order valence-electron chi connectivity index (χ1n) is 8.79. The third kappa shape index (κ3) is 3.93. The average Bonchev–Trinajstić information content (AvgIpc) is 3.03. The number of rotatable bonds is 4. The van der Waals surface area contributed by atoms with Crippen molar-refractivity contribution < 1.29 is 13.2 Å². The first kappa shape index (κ1) is 19.3. The summed E-state index contributed by atoms with van der Waals surface area (Å²) in [5.41, 5.74) is 3.14. The smallest absolute Gasteiger partial charge is 0.340 e. The lowest BCUT2D eigenvalue weighted by Crippen LogP contribution is -2.04. The van der Waals surface area contributed by atoms with Crippen molar-refractivity contribution in [2.24, 2.45) is 0 Å². The van der Waals surface area contributed by atoms with E-state index in [2.05, 4.69) is 10.3 Å². The van der Waals surface area contributed by atoms with Crippen LogP contribution < -0.4 is 5.32 Å². The molecule has 0 radical (unpaired) electrons. The second-order valence-electron chi connectivity index (χ2n) is 6.45. The molecule has 148 valence electrons. The predicted molar refractivity (Wildman–Crippen MR) is 110 cm³/mol. The highest BCUT2D eigenvalue weighted by molar-refractivity contribution is 7.98. The number of nitrogens with one attached hydrogen (secondary N) is 1. The molecule has 0 unspecified atom stereocenters. The van der Waals surface area contributed by atoms with Gasteiger partial charge in [0.1, 0.15) is 11.5 Å². The summed E-state index contributed by atoms with van der Waals surface area (Å²) in [6.07, 6.45) is -0.466. The molecule has 0 saturated heterocycles. The average molecular weight is 414 g/mol.